The third-order valence-electron chi connectivity index (χ3n) is 3.69. The Bertz CT molecular complexity index is 401. The first-order chi connectivity index (χ1) is 8.61. The first-order valence-electron chi connectivity index (χ1n) is 6.70. The van der Waals surface area contributed by atoms with E-state index in [9.17, 15) is 5.11 Å². The first-order valence-corrected chi connectivity index (χ1v) is 6.70. The van der Waals surface area contributed by atoms with Crippen molar-refractivity contribution in [1.82, 2.24) is 15.1 Å². The molecule has 1 heterocycles. The van der Waals surface area contributed by atoms with Gasteiger partial charge in [0.15, 0.2) is 0 Å². The zero-order valence-corrected chi connectivity index (χ0v) is 11.1. The highest BCUT2D eigenvalue weighted by atomic mass is 16.3. The molecule has 100 valence electrons. The number of aliphatic hydroxyl groups is 1. The van der Waals surface area contributed by atoms with Gasteiger partial charge in [0.25, 0.3) is 0 Å². The van der Waals surface area contributed by atoms with Crippen LogP contribution < -0.4 is 5.32 Å². The Morgan fingerprint density at radius 2 is 2.56 bits per heavy atom. The molecule has 1 saturated carbocycles. The molecule has 4 nitrogen and oxygen atoms in total. The van der Waals surface area contributed by atoms with Crippen molar-refractivity contribution in [2.24, 2.45) is 5.92 Å². The molecule has 2 rings (SSSR count). The van der Waals surface area contributed by atoms with E-state index < -0.39 is 5.60 Å². The van der Waals surface area contributed by atoms with Gasteiger partial charge in [-0.3, -0.25) is 0 Å². The van der Waals surface area contributed by atoms with Gasteiger partial charge in [0.2, 0.25) is 0 Å². The van der Waals surface area contributed by atoms with E-state index >= 15 is 0 Å². The monoisotopic (exact) mass is 249 g/mol. The number of aromatic nitrogens is 2. The molecular weight excluding hydrogens is 226 g/mol. The average molecular weight is 249 g/mol. The zero-order valence-electron chi connectivity index (χ0n) is 11.1. The van der Waals surface area contributed by atoms with Gasteiger partial charge in [-0.1, -0.05) is 26.3 Å². The van der Waals surface area contributed by atoms with Crippen LogP contribution in [0.3, 0.4) is 0 Å². The number of hydrogen-bond acceptors (Lipinski definition) is 3. The molecule has 0 saturated heterocycles. The largest absolute Gasteiger partial charge is 0.389 e. The molecule has 0 bridgehead atoms. The second kappa shape index (κ2) is 5.67. The normalized spacial score (nSPS) is 28.2. The fourth-order valence-electron chi connectivity index (χ4n) is 2.80. The molecule has 1 aromatic rings. The van der Waals surface area contributed by atoms with Crippen molar-refractivity contribution < 1.29 is 5.11 Å². The molecule has 1 aliphatic rings. The molecule has 1 aromatic heterocycles. The lowest BCUT2D eigenvalue weighted by Gasteiger charge is -2.35. The fraction of sp³-hybridized carbons (Fsp3) is 0.643. The van der Waals surface area contributed by atoms with E-state index in [0.29, 0.717) is 12.5 Å². The number of nitrogens with zero attached hydrogens (tertiary/aromatic N) is 2. The van der Waals surface area contributed by atoms with Gasteiger partial charge in [-0.25, -0.2) is 4.68 Å². The smallest absolute Gasteiger partial charge is 0.0774 e. The molecule has 0 radical (unpaired) electrons. The second-order valence-corrected chi connectivity index (χ2v) is 5.54. The number of rotatable bonds is 5. The summed E-state index contributed by atoms with van der Waals surface area (Å²) in [6, 6.07) is 0. The van der Waals surface area contributed by atoms with E-state index in [0.717, 1.165) is 31.4 Å². The summed E-state index contributed by atoms with van der Waals surface area (Å²) in [4.78, 5) is 0. The summed E-state index contributed by atoms with van der Waals surface area (Å²) >= 11 is 0. The van der Waals surface area contributed by atoms with Crippen LogP contribution in [-0.2, 0) is 6.54 Å². The van der Waals surface area contributed by atoms with Gasteiger partial charge in [-0.2, -0.15) is 5.10 Å². The molecule has 1 fully saturated rings. The third kappa shape index (κ3) is 3.43. The van der Waals surface area contributed by atoms with Crippen molar-refractivity contribution in [1.29, 1.82) is 0 Å². The summed E-state index contributed by atoms with van der Waals surface area (Å²) in [5.74, 6) is 0.633. The quantitative estimate of drug-likeness (QED) is 0.839. The van der Waals surface area contributed by atoms with Crippen LogP contribution in [0.2, 0.25) is 0 Å². The van der Waals surface area contributed by atoms with Gasteiger partial charge >= 0.3 is 0 Å². The van der Waals surface area contributed by atoms with E-state index in [2.05, 4.69) is 23.9 Å². The SMILES string of the molecule is C=Cn1cc(CNCC2(O)CCCC(C)C2)cn1. The van der Waals surface area contributed by atoms with Crippen molar-refractivity contribution in [2.45, 2.75) is 44.8 Å². The predicted octanol–water partition coefficient (Wildman–Crippen LogP) is 2.01. The highest BCUT2D eigenvalue weighted by Crippen LogP contribution is 2.31. The second-order valence-electron chi connectivity index (χ2n) is 5.54. The van der Waals surface area contributed by atoms with E-state index in [4.69, 9.17) is 0 Å². The highest BCUT2D eigenvalue weighted by Gasteiger charge is 2.31. The van der Waals surface area contributed by atoms with Gasteiger partial charge in [0.1, 0.15) is 0 Å². The minimum atomic E-state index is -0.522. The van der Waals surface area contributed by atoms with Gasteiger partial charge in [0.05, 0.1) is 11.8 Å². The Balaban J connectivity index is 1.79. The summed E-state index contributed by atoms with van der Waals surface area (Å²) in [5, 5.41) is 17.9. The summed E-state index contributed by atoms with van der Waals surface area (Å²) in [7, 11) is 0. The lowest BCUT2D eigenvalue weighted by molar-refractivity contribution is -0.0119. The van der Waals surface area contributed by atoms with Crippen LogP contribution in [0.1, 0.15) is 38.2 Å². The van der Waals surface area contributed by atoms with Gasteiger partial charge in [0, 0.05) is 31.0 Å². The van der Waals surface area contributed by atoms with Crippen molar-refractivity contribution in [2.75, 3.05) is 6.54 Å². The summed E-state index contributed by atoms with van der Waals surface area (Å²) in [5.41, 5.74) is 0.592. The third-order valence-corrected chi connectivity index (χ3v) is 3.69. The average Bonchev–Trinajstić information content (AvgIpc) is 2.76. The summed E-state index contributed by atoms with van der Waals surface area (Å²) in [6.45, 7) is 7.28. The molecule has 2 unspecified atom stereocenters. The minimum absolute atomic E-state index is 0.522. The molecule has 2 N–H and O–H groups in total. The van der Waals surface area contributed by atoms with E-state index in [1.807, 2.05) is 12.4 Å². The Kier molecular flexibility index (Phi) is 4.19. The molecule has 18 heavy (non-hydrogen) atoms. The van der Waals surface area contributed by atoms with Crippen molar-refractivity contribution in [3.63, 3.8) is 0 Å². The summed E-state index contributed by atoms with van der Waals surface area (Å²) < 4.78 is 1.69. The van der Waals surface area contributed by atoms with E-state index in [1.54, 1.807) is 10.9 Å². The Morgan fingerprint density at radius 3 is 3.22 bits per heavy atom. The molecule has 0 amide bonds. The topological polar surface area (TPSA) is 50.1 Å². The van der Waals surface area contributed by atoms with Gasteiger partial charge < -0.3 is 10.4 Å². The molecule has 0 aromatic carbocycles. The molecule has 0 aliphatic heterocycles. The summed E-state index contributed by atoms with van der Waals surface area (Å²) in [6.07, 6.45) is 9.62. The van der Waals surface area contributed by atoms with E-state index in [1.165, 1.54) is 6.42 Å². The number of nitrogens with one attached hydrogen (secondary N) is 1. The van der Waals surface area contributed by atoms with Crippen LogP contribution in [0.5, 0.6) is 0 Å². The maximum atomic E-state index is 10.5. The van der Waals surface area contributed by atoms with Crippen LogP contribution >= 0.6 is 0 Å². The van der Waals surface area contributed by atoms with Crippen LogP contribution in [0, 0.1) is 5.92 Å². The lowest BCUT2D eigenvalue weighted by atomic mass is 9.79. The van der Waals surface area contributed by atoms with Crippen molar-refractivity contribution in [3.05, 3.63) is 24.5 Å². The van der Waals surface area contributed by atoms with E-state index in [-0.39, 0.29) is 0 Å². The van der Waals surface area contributed by atoms with Gasteiger partial charge in [-0.15, -0.1) is 0 Å². The Hall–Kier alpha value is -1.13. The maximum Gasteiger partial charge on any atom is 0.0774 e. The molecule has 0 spiro atoms. The molecule has 2 atom stereocenters. The lowest BCUT2D eigenvalue weighted by Crippen LogP contribution is -2.43. The molecule has 4 heteroatoms. The highest BCUT2D eigenvalue weighted by molar-refractivity contribution is 5.17. The molecular formula is C14H23N3O. The fourth-order valence-corrected chi connectivity index (χ4v) is 2.80. The van der Waals surface area contributed by atoms with Crippen LogP contribution in [0.4, 0.5) is 0 Å². The van der Waals surface area contributed by atoms with Crippen LogP contribution in [-0.4, -0.2) is 27.0 Å². The minimum Gasteiger partial charge on any atom is -0.389 e. The predicted molar refractivity (Wildman–Crippen MR) is 72.9 cm³/mol. The van der Waals surface area contributed by atoms with Crippen LogP contribution in [0.25, 0.3) is 6.20 Å². The maximum absolute atomic E-state index is 10.5. The van der Waals surface area contributed by atoms with Crippen molar-refractivity contribution >= 4 is 6.20 Å². The Morgan fingerprint density at radius 1 is 1.72 bits per heavy atom. The first kappa shape index (κ1) is 13.3. The standard InChI is InChI=1S/C14H23N3O/c1-3-17-10-13(9-16-17)8-15-11-14(18)6-4-5-12(2)7-14/h3,9-10,12,15,18H,1,4-8,11H2,2H3. The zero-order chi connectivity index (χ0) is 13.0. The van der Waals surface area contributed by atoms with Crippen LogP contribution in [0.15, 0.2) is 19.0 Å². The number of hydrogen-bond donors (Lipinski definition) is 2. The Labute approximate surface area is 109 Å². The van der Waals surface area contributed by atoms with Crippen molar-refractivity contribution in [3.8, 4) is 0 Å². The van der Waals surface area contributed by atoms with Gasteiger partial charge in [-0.05, 0) is 18.8 Å². The molecule has 1 aliphatic carbocycles.